The Labute approximate surface area is 157 Å². The molecular weight excluding hydrogens is 320 g/mol. The van der Waals surface area contributed by atoms with Crippen LogP contribution in [-0.2, 0) is 0 Å². The van der Waals surface area contributed by atoms with Gasteiger partial charge in [-0.05, 0) is 68.1 Å². The minimum atomic E-state index is 0.499. The molecule has 1 aromatic heterocycles. The van der Waals surface area contributed by atoms with E-state index in [1.54, 1.807) is 0 Å². The highest BCUT2D eigenvalue weighted by atomic mass is 16.5. The average molecular weight is 353 g/mol. The molecule has 3 nitrogen and oxygen atoms in total. The van der Waals surface area contributed by atoms with Crippen LogP contribution < -0.4 is 0 Å². The van der Waals surface area contributed by atoms with Crippen LogP contribution in [-0.4, -0.2) is 10.1 Å². The summed E-state index contributed by atoms with van der Waals surface area (Å²) >= 11 is 0. The van der Waals surface area contributed by atoms with Gasteiger partial charge >= 0.3 is 0 Å². The number of rotatable bonds is 5. The van der Waals surface area contributed by atoms with E-state index >= 15 is 0 Å². The molecule has 2 aliphatic carbocycles. The minimum Gasteiger partial charge on any atom is -0.334 e. The number of benzene rings is 1. The van der Waals surface area contributed by atoms with Crippen molar-refractivity contribution < 1.29 is 4.52 Å². The number of hydrogen-bond donors (Lipinski definition) is 0. The van der Waals surface area contributed by atoms with Crippen LogP contribution in [0.5, 0.6) is 0 Å². The predicted octanol–water partition coefficient (Wildman–Crippen LogP) is 6.86. The fraction of sp³-hybridized carbons (Fsp3) is 0.652. The summed E-state index contributed by atoms with van der Waals surface area (Å²) < 4.78 is 5.57. The van der Waals surface area contributed by atoms with Gasteiger partial charge in [-0.15, -0.1) is 0 Å². The summed E-state index contributed by atoms with van der Waals surface area (Å²) in [5.74, 6) is 3.80. The Kier molecular flexibility index (Phi) is 5.72. The molecule has 0 aliphatic heterocycles. The summed E-state index contributed by atoms with van der Waals surface area (Å²) in [6, 6.07) is 8.91. The van der Waals surface area contributed by atoms with E-state index < -0.39 is 0 Å². The van der Waals surface area contributed by atoms with Crippen molar-refractivity contribution in [1.82, 2.24) is 10.1 Å². The molecule has 2 fully saturated rings. The summed E-state index contributed by atoms with van der Waals surface area (Å²) in [6.45, 7) is 2.31. The zero-order valence-corrected chi connectivity index (χ0v) is 16.1. The summed E-state index contributed by atoms with van der Waals surface area (Å²) in [4.78, 5) is 4.70. The molecule has 3 heteroatoms. The van der Waals surface area contributed by atoms with E-state index in [0.717, 1.165) is 23.2 Å². The Morgan fingerprint density at radius 3 is 2.31 bits per heavy atom. The molecule has 140 valence electrons. The lowest BCUT2D eigenvalue weighted by molar-refractivity contribution is 0.308. The van der Waals surface area contributed by atoms with Gasteiger partial charge in [0.15, 0.2) is 5.82 Å². The average Bonchev–Trinajstić information content (AvgIpc) is 3.20. The van der Waals surface area contributed by atoms with Gasteiger partial charge in [0.1, 0.15) is 0 Å². The molecule has 1 heterocycles. The van der Waals surface area contributed by atoms with Crippen LogP contribution in [0.3, 0.4) is 0 Å². The van der Waals surface area contributed by atoms with E-state index in [1.165, 1.54) is 76.2 Å². The third-order valence-electron chi connectivity index (χ3n) is 6.58. The smallest absolute Gasteiger partial charge is 0.257 e. The molecule has 2 aromatic rings. The Bertz CT molecular complexity index is 676. The molecule has 4 rings (SSSR count). The van der Waals surface area contributed by atoms with Gasteiger partial charge in [0.05, 0.1) is 0 Å². The minimum absolute atomic E-state index is 0.499. The summed E-state index contributed by atoms with van der Waals surface area (Å²) in [5, 5.41) is 4.27. The molecule has 2 saturated carbocycles. The first-order chi connectivity index (χ1) is 12.8. The molecular formula is C23H32N2O. The van der Waals surface area contributed by atoms with Gasteiger partial charge in [-0.2, -0.15) is 4.98 Å². The first kappa shape index (κ1) is 17.8. The van der Waals surface area contributed by atoms with Gasteiger partial charge in [0, 0.05) is 11.5 Å². The summed E-state index contributed by atoms with van der Waals surface area (Å²) in [6.07, 6.45) is 14.6. The van der Waals surface area contributed by atoms with Gasteiger partial charge in [0.25, 0.3) is 5.89 Å². The second kappa shape index (κ2) is 8.37. The maximum atomic E-state index is 5.57. The molecule has 0 spiro atoms. The van der Waals surface area contributed by atoms with Crippen LogP contribution in [0.15, 0.2) is 28.8 Å². The summed E-state index contributed by atoms with van der Waals surface area (Å²) in [5.41, 5.74) is 2.54. The Balaban J connectivity index is 1.39. The van der Waals surface area contributed by atoms with Gasteiger partial charge in [0.2, 0.25) is 0 Å². The summed E-state index contributed by atoms with van der Waals surface area (Å²) in [7, 11) is 0. The second-order valence-electron chi connectivity index (χ2n) is 8.42. The predicted molar refractivity (Wildman–Crippen MR) is 105 cm³/mol. The zero-order valence-electron chi connectivity index (χ0n) is 16.1. The highest BCUT2D eigenvalue weighted by Gasteiger charge is 2.23. The fourth-order valence-electron chi connectivity index (χ4n) is 4.97. The highest BCUT2D eigenvalue weighted by molar-refractivity contribution is 5.53. The first-order valence-electron chi connectivity index (χ1n) is 10.8. The van der Waals surface area contributed by atoms with Gasteiger partial charge in [-0.25, -0.2) is 0 Å². The van der Waals surface area contributed by atoms with E-state index in [-0.39, 0.29) is 0 Å². The molecule has 2 aliphatic rings. The third kappa shape index (κ3) is 4.02. The van der Waals surface area contributed by atoms with Crippen molar-refractivity contribution in [1.29, 1.82) is 0 Å². The van der Waals surface area contributed by atoms with Crippen molar-refractivity contribution >= 4 is 0 Å². The van der Waals surface area contributed by atoms with Crippen molar-refractivity contribution in [3.8, 4) is 11.5 Å². The number of nitrogens with zero attached hydrogens (tertiary/aromatic N) is 2. The lowest BCUT2D eigenvalue weighted by Gasteiger charge is -2.28. The van der Waals surface area contributed by atoms with E-state index in [4.69, 9.17) is 9.51 Å². The normalized spacial score (nSPS) is 24.7. The lowest BCUT2D eigenvalue weighted by Crippen LogP contribution is -2.13. The van der Waals surface area contributed by atoms with Crippen molar-refractivity contribution in [3.05, 3.63) is 35.7 Å². The molecule has 0 bridgehead atoms. The maximum Gasteiger partial charge on any atom is 0.257 e. The van der Waals surface area contributed by atoms with E-state index in [2.05, 4.69) is 36.3 Å². The van der Waals surface area contributed by atoms with Crippen LogP contribution in [0.2, 0.25) is 0 Å². The quantitative estimate of drug-likeness (QED) is 0.590. The SMILES string of the molecule is CCCC1CCC(c2ccc(-c3nc(C4CCCCC4)no3)cc2)CC1. The molecule has 0 amide bonds. The van der Waals surface area contributed by atoms with E-state index in [1.807, 2.05) is 0 Å². The van der Waals surface area contributed by atoms with Gasteiger partial charge < -0.3 is 4.52 Å². The Hall–Kier alpha value is -1.64. The topological polar surface area (TPSA) is 38.9 Å². The molecule has 0 N–H and O–H groups in total. The molecule has 26 heavy (non-hydrogen) atoms. The lowest BCUT2D eigenvalue weighted by atomic mass is 9.77. The maximum absolute atomic E-state index is 5.57. The van der Waals surface area contributed by atoms with Crippen LogP contribution in [0.1, 0.15) is 101 Å². The van der Waals surface area contributed by atoms with Crippen molar-refractivity contribution in [3.63, 3.8) is 0 Å². The Morgan fingerprint density at radius 2 is 1.62 bits per heavy atom. The third-order valence-corrected chi connectivity index (χ3v) is 6.58. The molecule has 0 atom stereocenters. The monoisotopic (exact) mass is 352 g/mol. The molecule has 0 unspecified atom stereocenters. The van der Waals surface area contributed by atoms with Crippen LogP contribution in [0.4, 0.5) is 0 Å². The van der Waals surface area contributed by atoms with Crippen molar-refractivity contribution in [2.24, 2.45) is 5.92 Å². The number of aromatic nitrogens is 2. The van der Waals surface area contributed by atoms with Crippen LogP contribution >= 0.6 is 0 Å². The number of hydrogen-bond acceptors (Lipinski definition) is 3. The van der Waals surface area contributed by atoms with E-state index in [0.29, 0.717) is 11.8 Å². The molecule has 1 aromatic carbocycles. The molecule has 0 saturated heterocycles. The fourth-order valence-corrected chi connectivity index (χ4v) is 4.97. The highest BCUT2D eigenvalue weighted by Crippen LogP contribution is 2.38. The standard InChI is InChI=1S/C23H32N2O/c1-2-6-17-9-11-18(12-10-17)19-13-15-21(16-14-19)23-24-22(25-26-23)20-7-4-3-5-8-20/h13-18,20H,2-12H2,1H3. The largest absolute Gasteiger partial charge is 0.334 e. The van der Waals surface area contributed by atoms with Crippen LogP contribution in [0.25, 0.3) is 11.5 Å². The first-order valence-corrected chi connectivity index (χ1v) is 10.8. The van der Waals surface area contributed by atoms with Gasteiger partial charge in [-0.3, -0.25) is 0 Å². The van der Waals surface area contributed by atoms with Crippen molar-refractivity contribution in [2.75, 3.05) is 0 Å². The van der Waals surface area contributed by atoms with E-state index in [9.17, 15) is 0 Å². The molecule has 0 radical (unpaired) electrons. The van der Waals surface area contributed by atoms with Gasteiger partial charge in [-0.1, -0.05) is 56.3 Å². The van der Waals surface area contributed by atoms with Crippen LogP contribution in [0, 0.1) is 5.92 Å². The Morgan fingerprint density at radius 1 is 0.885 bits per heavy atom. The zero-order chi connectivity index (χ0) is 17.8. The van der Waals surface area contributed by atoms with Crippen molar-refractivity contribution in [2.45, 2.75) is 89.4 Å². The second-order valence-corrected chi connectivity index (χ2v) is 8.42.